The fourth-order valence-electron chi connectivity index (χ4n) is 3.47. The lowest BCUT2D eigenvalue weighted by atomic mass is 9.86. The van der Waals surface area contributed by atoms with Gasteiger partial charge >= 0.3 is 5.97 Å². The quantitative estimate of drug-likeness (QED) is 0.858. The number of aliphatic carboxylic acids is 1. The lowest BCUT2D eigenvalue weighted by Gasteiger charge is -2.23. The van der Waals surface area contributed by atoms with Gasteiger partial charge in [-0.2, -0.15) is 5.26 Å². The van der Waals surface area contributed by atoms with Gasteiger partial charge in [0.2, 0.25) is 0 Å². The van der Waals surface area contributed by atoms with Crippen LogP contribution in [0.3, 0.4) is 0 Å². The summed E-state index contributed by atoms with van der Waals surface area (Å²) in [5.41, 5.74) is 3.54. The van der Waals surface area contributed by atoms with Gasteiger partial charge in [-0.25, -0.2) is 4.79 Å². The predicted octanol–water partition coefficient (Wildman–Crippen LogP) is 3.45. The molecule has 0 spiro atoms. The molecule has 5 heteroatoms. The molecule has 0 fully saturated rings. The maximum Gasteiger partial charge on any atom is 0.327 e. The Labute approximate surface area is 151 Å². The Balaban J connectivity index is 2.00. The van der Waals surface area contributed by atoms with E-state index in [4.69, 9.17) is 0 Å². The van der Waals surface area contributed by atoms with Crippen LogP contribution in [-0.4, -0.2) is 34.8 Å². The van der Waals surface area contributed by atoms with Crippen molar-refractivity contribution in [3.05, 3.63) is 71.4 Å². The molecule has 1 aliphatic heterocycles. The van der Waals surface area contributed by atoms with E-state index in [9.17, 15) is 20.0 Å². The number of rotatable bonds is 4. The molecule has 1 N–H and O–H groups in total. The summed E-state index contributed by atoms with van der Waals surface area (Å²) in [7, 11) is 1.66. The summed E-state index contributed by atoms with van der Waals surface area (Å²) in [5.74, 6) is -1.49. The summed E-state index contributed by atoms with van der Waals surface area (Å²) in [6.07, 6.45) is 1.59. The summed E-state index contributed by atoms with van der Waals surface area (Å²) in [4.78, 5) is 25.0. The lowest BCUT2D eigenvalue weighted by Crippen LogP contribution is -2.36. The summed E-state index contributed by atoms with van der Waals surface area (Å²) < 4.78 is 0. The third-order valence-electron chi connectivity index (χ3n) is 4.70. The molecule has 0 saturated heterocycles. The van der Waals surface area contributed by atoms with Gasteiger partial charge in [-0.15, -0.1) is 0 Å². The van der Waals surface area contributed by atoms with Crippen LogP contribution >= 0.6 is 0 Å². The average molecular weight is 346 g/mol. The minimum absolute atomic E-state index is 0.0114. The van der Waals surface area contributed by atoms with Gasteiger partial charge in [0, 0.05) is 18.8 Å². The first-order chi connectivity index (χ1) is 12.4. The maximum atomic E-state index is 11.8. The normalized spacial score (nSPS) is 19.0. The van der Waals surface area contributed by atoms with Crippen molar-refractivity contribution in [3.63, 3.8) is 0 Å². The zero-order valence-corrected chi connectivity index (χ0v) is 14.5. The molecular weight excluding hydrogens is 328 g/mol. The highest BCUT2D eigenvalue weighted by atomic mass is 16.4. The van der Waals surface area contributed by atoms with Crippen molar-refractivity contribution >= 4 is 11.8 Å². The number of likely N-dealkylation sites (N-methyl/N-ethyl adjacent to an activating group) is 1. The number of benzene rings is 2. The van der Waals surface area contributed by atoms with Crippen molar-refractivity contribution in [2.45, 2.75) is 18.9 Å². The molecule has 5 nitrogen and oxygen atoms in total. The van der Waals surface area contributed by atoms with E-state index >= 15 is 0 Å². The van der Waals surface area contributed by atoms with Crippen LogP contribution in [0.15, 0.2) is 60.3 Å². The largest absolute Gasteiger partial charge is 0.480 e. The highest BCUT2D eigenvalue weighted by Gasteiger charge is 2.39. The SMILES string of the molecule is CC(=O)c1ccccc1-c1ccc(C2C(C#N)=CN(C)C2C(=O)O)cc1. The first-order valence-electron chi connectivity index (χ1n) is 8.21. The fraction of sp³-hybridized carbons (Fsp3) is 0.190. The fourth-order valence-corrected chi connectivity index (χ4v) is 3.47. The Morgan fingerprint density at radius 3 is 2.35 bits per heavy atom. The van der Waals surface area contributed by atoms with Crippen LogP contribution < -0.4 is 0 Å². The molecule has 0 aromatic heterocycles. The van der Waals surface area contributed by atoms with E-state index in [0.29, 0.717) is 11.1 Å². The van der Waals surface area contributed by atoms with E-state index < -0.39 is 17.9 Å². The number of carbonyl (C=O) groups excluding carboxylic acids is 1. The third-order valence-corrected chi connectivity index (χ3v) is 4.70. The zero-order valence-electron chi connectivity index (χ0n) is 14.5. The van der Waals surface area contributed by atoms with Crippen molar-refractivity contribution in [1.29, 1.82) is 5.26 Å². The molecule has 0 aliphatic carbocycles. The van der Waals surface area contributed by atoms with Gasteiger partial charge in [-0.05, 0) is 23.6 Å². The third kappa shape index (κ3) is 2.98. The first-order valence-corrected chi connectivity index (χ1v) is 8.21. The van der Waals surface area contributed by atoms with Crippen molar-refractivity contribution < 1.29 is 14.7 Å². The minimum Gasteiger partial charge on any atom is -0.480 e. The Morgan fingerprint density at radius 1 is 1.12 bits per heavy atom. The molecule has 3 rings (SSSR count). The second kappa shape index (κ2) is 6.85. The Hall–Kier alpha value is -3.39. The minimum atomic E-state index is -0.968. The summed E-state index contributed by atoms with van der Waals surface area (Å²) in [6.45, 7) is 1.53. The van der Waals surface area contributed by atoms with Gasteiger partial charge < -0.3 is 10.0 Å². The van der Waals surface area contributed by atoms with Crippen molar-refractivity contribution in [1.82, 2.24) is 4.90 Å². The number of carboxylic acids is 1. The molecule has 26 heavy (non-hydrogen) atoms. The van der Waals surface area contributed by atoms with E-state index in [1.165, 1.54) is 6.92 Å². The maximum absolute atomic E-state index is 11.8. The highest BCUT2D eigenvalue weighted by Crippen LogP contribution is 2.37. The molecule has 1 aliphatic rings. The summed E-state index contributed by atoms with van der Waals surface area (Å²) >= 11 is 0. The number of nitriles is 1. The smallest absolute Gasteiger partial charge is 0.327 e. The second-order valence-electron chi connectivity index (χ2n) is 6.35. The Kier molecular flexibility index (Phi) is 4.59. The van der Waals surface area contributed by atoms with Crippen LogP contribution in [0.2, 0.25) is 0 Å². The van der Waals surface area contributed by atoms with Crippen molar-refractivity contribution in [3.8, 4) is 17.2 Å². The van der Waals surface area contributed by atoms with Crippen LogP contribution in [0.5, 0.6) is 0 Å². The highest BCUT2D eigenvalue weighted by molar-refractivity contribution is 6.00. The van der Waals surface area contributed by atoms with Crippen LogP contribution in [0.1, 0.15) is 28.8 Å². The molecule has 2 aromatic rings. The Bertz CT molecular complexity index is 938. The van der Waals surface area contributed by atoms with E-state index in [1.54, 1.807) is 24.2 Å². The van der Waals surface area contributed by atoms with Gasteiger partial charge in [0.1, 0.15) is 6.04 Å². The molecule has 0 bridgehead atoms. The number of Topliss-reactive ketones (excluding diaryl/α,β-unsaturated/α-hetero) is 1. The van der Waals surface area contributed by atoms with Gasteiger partial charge in [0.15, 0.2) is 5.78 Å². The van der Waals surface area contributed by atoms with E-state index in [-0.39, 0.29) is 5.78 Å². The summed E-state index contributed by atoms with van der Waals surface area (Å²) in [6, 6.07) is 16.1. The Morgan fingerprint density at radius 2 is 1.77 bits per heavy atom. The van der Waals surface area contributed by atoms with Gasteiger partial charge in [-0.1, -0.05) is 48.5 Å². The molecule has 0 amide bonds. The molecule has 0 radical (unpaired) electrons. The molecular formula is C21H18N2O3. The van der Waals surface area contributed by atoms with Crippen LogP contribution in [0.4, 0.5) is 0 Å². The molecule has 130 valence electrons. The number of carbonyl (C=O) groups is 2. The predicted molar refractivity (Wildman–Crippen MR) is 97.5 cm³/mol. The van der Waals surface area contributed by atoms with Crippen LogP contribution in [0, 0.1) is 11.3 Å². The zero-order chi connectivity index (χ0) is 18.8. The molecule has 1 heterocycles. The van der Waals surface area contributed by atoms with Crippen molar-refractivity contribution in [2.24, 2.45) is 0 Å². The molecule has 0 saturated carbocycles. The lowest BCUT2D eigenvalue weighted by molar-refractivity contribution is -0.141. The molecule has 2 atom stereocenters. The van der Waals surface area contributed by atoms with Crippen LogP contribution in [0.25, 0.3) is 11.1 Å². The van der Waals surface area contributed by atoms with Crippen molar-refractivity contribution in [2.75, 3.05) is 7.05 Å². The number of nitrogens with zero attached hydrogens (tertiary/aromatic N) is 2. The van der Waals surface area contributed by atoms with Crippen LogP contribution in [-0.2, 0) is 4.79 Å². The molecule has 2 aromatic carbocycles. The number of hydrogen-bond acceptors (Lipinski definition) is 4. The topological polar surface area (TPSA) is 81.4 Å². The average Bonchev–Trinajstić information content (AvgIpc) is 2.98. The van der Waals surface area contributed by atoms with Gasteiger partial charge in [0.05, 0.1) is 17.6 Å². The monoisotopic (exact) mass is 346 g/mol. The van der Waals surface area contributed by atoms with E-state index in [1.807, 2.05) is 42.5 Å². The number of hydrogen-bond donors (Lipinski definition) is 1. The van der Waals surface area contributed by atoms with Gasteiger partial charge in [-0.3, -0.25) is 4.79 Å². The van der Waals surface area contributed by atoms with E-state index in [0.717, 1.165) is 16.7 Å². The summed E-state index contributed by atoms with van der Waals surface area (Å²) in [5, 5.41) is 18.9. The van der Waals surface area contributed by atoms with Gasteiger partial charge in [0.25, 0.3) is 0 Å². The first kappa shape index (κ1) is 17.4. The molecule has 2 unspecified atom stereocenters. The number of ketones is 1. The second-order valence-corrected chi connectivity index (χ2v) is 6.35. The standard InChI is InChI=1S/C21H18N2O3/c1-13(24)17-5-3-4-6-18(17)14-7-9-15(10-8-14)19-16(11-22)12-23(2)20(19)21(25)26/h3-10,12,19-20H,1-2H3,(H,25,26). The number of carboxylic acid groups (broad SMARTS) is 1. The van der Waals surface area contributed by atoms with E-state index in [2.05, 4.69) is 6.07 Å².